The number of halogens is 1. The average Bonchev–Trinajstić information content (AvgIpc) is 3.09. The van der Waals surface area contributed by atoms with Crippen LogP contribution < -0.4 is 5.32 Å². The molecule has 134 valence electrons. The second-order valence-corrected chi connectivity index (χ2v) is 6.84. The van der Waals surface area contributed by atoms with E-state index in [-0.39, 0.29) is 23.5 Å². The molecular formula is C17H16ClN5O2S. The van der Waals surface area contributed by atoms with Gasteiger partial charge >= 0.3 is 0 Å². The summed E-state index contributed by atoms with van der Waals surface area (Å²) in [5.74, 6) is 0.166. The molecule has 1 aromatic heterocycles. The predicted octanol–water partition coefficient (Wildman–Crippen LogP) is 2.99. The summed E-state index contributed by atoms with van der Waals surface area (Å²) >= 11 is 7.38. The maximum atomic E-state index is 12.2. The molecule has 0 radical (unpaired) electrons. The monoisotopic (exact) mass is 389 g/mol. The van der Waals surface area contributed by atoms with Gasteiger partial charge in [0, 0.05) is 5.02 Å². The molecule has 0 bridgehead atoms. The summed E-state index contributed by atoms with van der Waals surface area (Å²) in [6.07, 6.45) is 0. The first-order valence-electron chi connectivity index (χ1n) is 7.79. The zero-order valence-corrected chi connectivity index (χ0v) is 15.4. The highest BCUT2D eigenvalue weighted by molar-refractivity contribution is 7.99. The first kappa shape index (κ1) is 18.2. The fourth-order valence-corrected chi connectivity index (χ4v) is 3.34. The Labute approximate surface area is 159 Å². The Balaban J connectivity index is 1.61. The fraction of sp³-hybridized carbons (Fsp3) is 0.176. The highest BCUT2D eigenvalue weighted by atomic mass is 35.5. The summed E-state index contributed by atoms with van der Waals surface area (Å²) in [6.45, 7) is 1.88. The second kappa shape index (κ2) is 8.20. The van der Waals surface area contributed by atoms with E-state index >= 15 is 0 Å². The van der Waals surface area contributed by atoms with Crippen molar-refractivity contribution in [2.45, 2.75) is 18.1 Å². The van der Waals surface area contributed by atoms with E-state index in [0.29, 0.717) is 15.9 Å². The number of tetrazole rings is 1. The summed E-state index contributed by atoms with van der Waals surface area (Å²) < 4.78 is 1.51. The number of carbonyl (C=O) groups is 1. The number of benzene rings is 2. The van der Waals surface area contributed by atoms with Crippen LogP contribution in [0.3, 0.4) is 0 Å². The first-order valence-corrected chi connectivity index (χ1v) is 9.15. The number of phenols is 1. The number of hydrogen-bond donors (Lipinski definition) is 2. The number of amides is 1. The molecule has 0 aliphatic rings. The third-order valence-corrected chi connectivity index (χ3v) is 4.88. The molecule has 3 rings (SSSR count). The zero-order chi connectivity index (χ0) is 18.5. The quantitative estimate of drug-likeness (QED) is 0.629. The minimum atomic E-state index is -0.204. The summed E-state index contributed by atoms with van der Waals surface area (Å²) in [4.78, 5) is 12.2. The SMILES string of the molecule is C[C@H](NC(=O)CSc1nnnn1-c1ccc(O)cc1)c1ccccc1Cl. The molecule has 26 heavy (non-hydrogen) atoms. The molecule has 0 saturated carbocycles. The topological polar surface area (TPSA) is 92.9 Å². The third-order valence-electron chi connectivity index (χ3n) is 3.62. The van der Waals surface area contributed by atoms with E-state index < -0.39 is 0 Å². The number of nitrogens with zero attached hydrogens (tertiary/aromatic N) is 4. The fourth-order valence-electron chi connectivity index (χ4n) is 2.34. The van der Waals surface area contributed by atoms with E-state index in [1.807, 2.05) is 25.1 Å². The van der Waals surface area contributed by atoms with Gasteiger partial charge in [-0.25, -0.2) is 0 Å². The van der Waals surface area contributed by atoms with Gasteiger partial charge in [0.2, 0.25) is 11.1 Å². The summed E-state index contributed by atoms with van der Waals surface area (Å²) in [5, 5.41) is 24.9. The number of aromatic nitrogens is 4. The van der Waals surface area contributed by atoms with E-state index in [0.717, 1.165) is 5.56 Å². The van der Waals surface area contributed by atoms with Gasteiger partial charge in [-0.05, 0) is 53.2 Å². The molecule has 0 saturated heterocycles. The molecule has 0 aliphatic carbocycles. The Kier molecular flexibility index (Phi) is 5.75. The van der Waals surface area contributed by atoms with Crippen LogP contribution in [-0.2, 0) is 4.79 Å². The largest absolute Gasteiger partial charge is 0.508 e. The Morgan fingerprint density at radius 3 is 2.73 bits per heavy atom. The van der Waals surface area contributed by atoms with E-state index in [4.69, 9.17) is 11.6 Å². The predicted molar refractivity (Wildman–Crippen MR) is 99.6 cm³/mol. The number of phenolic OH excluding ortho intramolecular Hbond substituents is 1. The van der Waals surface area contributed by atoms with Crippen molar-refractivity contribution in [2.24, 2.45) is 0 Å². The lowest BCUT2D eigenvalue weighted by Gasteiger charge is -2.15. The molecule has 9 heteroatoms. The molecule has 3 aromatic rings. The van der Waals surface area contributed by atoms with Crippen molar-refractivity contribution in [3.05, 3.63) is 59.1 Å². The van der Waals surface area contributed by atoms with Gasteiger partial charge in [-0.15, -0.1) is 5.10 Å². The third kappa shape index (κ3) is 4.33. The van der Waals surface area contributed by atoms with Crippen molar-refractivity contribution in [2.75, 3.05) is 5.75 Å². The smallest absolute Gasteiger partial charge is 0.230 e. The van der Waals surface area contributed by atoms with Crippen molar-refractivity contribution in [3.8, 4) is 11.4 Å². The van der Waals surface area contributed by atoms with Crippen LogP contribution in [-0.4, -0.2) is 37.0 Å². The molecule has 0 spiro atoms. The van der Waals surface area contributed by atoms with Crippen molar-refractivity contribution in [3.63, 3.8) is 0 Å². The minimum absolute atomic E-state index is 0.150. The molecule has 7 nitrogen and oxygen atoms in total. The van der Waals surface area contributed by atoms with Gasteiger partial charge in [-0.3, -0.25) is 4.79 Å². The Morgan fingerprint density at radius 1 is 1.27 bits per heavy atom. The number of thioether (sulfide) groups is 1. The van der Waals surface area contributed by atoms with Gasteiger partial charge in [0.25, 0.3) is 0 Å². The van der Waals surface area contributed by atoms with Crippen LogP contribution in [0.1, 0.15) is 18.5 Å². The number of rotatable bonds is 6. The Morgan fingerprint density at radius 2 is 2.00 bits per heavy atom. The molecule has 0 unspecified atom stereocenters. The maximum absolute atomic E-state index is 12.2. The number of carbonyl (C=O) groups excluding carboxylic acids is 1. The molecule has 2 N–H and O–H groups in total. The van der Waals surface area contributed by atoms with Gasteiger partial charge in [-0.1, -0.05) is 41.6 Å². The minimum Gasteiger partial charge on any atom is -0.508 e. The van der Waals surface area contributed by atoms with Crippen LogP contribution in [0.5, 0.6) is 5.75 Å². The van der Waals surface area contributed by atoms with Crippen molar-refractivity contribution < 1.29 is 9.90 Å². The molecule has 1 amide bonds. The zero-order valence-electron chi connectivity index (χ0n) is 13.8. The second-order valence-electron chi connectivity index (χ2n) is 5.49. The van der Waals surface area contributed by atoms with Crippen molar-refractivity contribution in [1.82, 2.24) is 25.5 Å². The summed E-state index contributed by atoms with van der Waals surface area (Å²) in [6, 6.07) is 13.7. The van der Waals surface area contributed by atoms with Gasteiger partial charge in [0.1, 0.15) is 5.75 Å². The first-order chi connectivity index (χ1) is 12.5. The van der Waals surface area contributed by atoms with Gasteiger partial charge < -0.3 is 10.4 Å². The molecule has 0 fully saturated rings. The number of hydrogen-bond acceptors (Lipinski definition) is 6. The normalized spacial score (nSPS) is 11.9. The Bertz CT molecular complexity index is 900. The lowest BCUT2D eigenvalue weighted by atomic mass is 10.1. The van der Waals surface area contributed by atoms with Crippen LogP contribution in [0.15, 0.2) is 53.7 Å². The van der Waals surface area contributed by atoms with Crippen LogP contribution in [0.2, 0.25) is 5.02 Å². The Hall–Kier alpha value is -2.58. The number of aromatic hydroxyl groups is 1. The van der Waals surface area contributed by atoms with Gasteiger partial charge in [0.15, 0.2) is 0 Å². The van der Waals surface area contributed by atoms with E-state index in [1.165, 1.54) is 16.4 Å². The summed E-state index contributed by atoms with van der Waals surface area (Å²) in [7, 11) is 0. The van der Waals surface area contributed by atoms with Gasteiger partial charge in [0.05, 0.1) is 17.5 Å². The highest BCUT2D eigenvalue weighted by Crippen LogP contribution is 2.23. The van der Waals surface area contributed by atoms with Crippen LogP contribution in [0.4, 0.5) is 0 Å². The van der Waals surface area contributed by atoms with Crippen LogP contribution in [0.25, 0.3) is 5.69 Å². The lowest BCUT2D eigenvalue weighted by molar-refractivity contribution is -0.119. The van der Waals surface area contributed by atoms with Crippen LogP contribution in [0, 0.1) is 0 Å². The molecule has 0 aliphatic heterocycles. The maximum Gasteiger partial charge on any atom is 0.230 e. The van der Waals surface area contributed by atoms with Crippen molar-refractivity contribution >= 4 is 29.3 Å². The van der Waals surface area contributed by atoms with E-state index in [9.17, 15) is 9.90 Å². The van der Waals surface area contributed by atoms with Gasteiger partial charge in [-0.2, -0.15) is 4.68 Å². The standard InChI is InChI=1S/C17H16ClN5O2S/c1-11(14-4-2-3-5-15(14)18)19-16(25)10-26-17-20-21-22-23(17)12-6-8-13(24)9-7-12/h2-9,11,24H,10H2,1H3,(H,19,25)/t11-/m0/s1. The summed E-state index contributed by atoms with van der Waals surface area (Å²) in [5.41, 5.74) is 1.56. The average molecular weight is 390 g/mol. The van der Waals surface area contributed by atoms with E-state index in [2.05, 4.69) is 20.8 Å². The van der Waals surface area contributed by atoms with Crippen LogP contribution >= 0.6 is 23.4 Å². The lowest BCUT2D eigenvalue weighted by Crippen LogP contribution is -2.28. The highest BCUT2D eigenvalue weighted by Gasteiger charge is 2.15. The number of nitrogens with one attached hydrogen (secondary N) is 1. The molecule has 2 aromatic carbocycles. The molecule has 1 heterocycles. The molecular weight excluding hydrogens is 374 g/mol. The van der Waals surface area contributed by atoms with E-state index in [1.54, 1.807) is 30.3 Å². The van der Waals surface area contributed by atoms with Crippen molar-refractivity contribution in [1.29, 1.82) is 0 Å². The molecule has 1 atom stereocenters.